The molecule has 2 saturated heterocycles. The second kappa shape index (κ2) is 7.96. The number of benzene rings is 1. The summed E-state index contributed by atoms with van der Waals surface area (Å²) in [5.41, 5.74) is -1.73. The summed E-state index contributed by atoms with van der Waals surface area (Å²) in [5, 5.41) is 22.4. The molecule has 2 aromatic rings. The van der Waals surface area contributed by atoms with Crippen molar-refractivity contribution in [2.75, 3.05) is 38.1 Å². The Kier molecular flexibility index (Phi) is 5.78. The second-order valence-corrected chi connectivity index (χ2v) is 10.4. The fourth-order valence-corrected chi connectivity index (χ4v) is 5.39. The van der Waals surface area contributed by atoms with Crippen LogP contribution >= 0.6 is 0 Å². The second-order valence-electron chi connectivity index (χ2n) is 10.4. The molecule has 0 spiro atoms. The highest BCUT2D eigenvalue weighted by atomic mass is 19.4. The van der Waals surface area contributed by atoms with Gasteiger partial charge in [-0.15, -0.1) is 0 Å². The molecule has 2 aliphatic heterocycles. The zero-order valence-corrected chi connectivity index (χ0v) is 19.5. The minimum Gasteiger partial charge on any atom is -0.380 e. The van der Waals surface area contributed by atoms with E-state index in [1.54, 1.807) is 12.3 Å². The Morgan fingerprint density at radius 1 is 1.03 bits per heavy atom. The lowest BCUT2D eigenvalue weighted by atomic mass is 9.62. The van der Waals surface area contributed by atoms with E-state index < -0.39 is 35.8 Å². The lowest BCUT2D eigenvalue weighted by Gasteiger charge is -2.56. The van der Waals surface area contributed by atoms with Crippen molar-refractivity contribution in [2.24, 2.45) is 5.41 Å². The molecule has 2 aliphatic rings. The Morgan fingerprint density at radius 3 is 2.18 bits per heavy atom. The molecule has 1 unspecified atom stereocenters. The first-order valence-corrected chi connectivity index (χ1v) is 11.3. The summed E-state index contributed by atoms with van der Waals surface area (Å²) < 4.78 is 40.0. The maximum absolute atomic E-state index is 13.3. The molecule has 0 radical (unpaired) electrons. The van der Waals surface area contributed by atoms with Gasteiger partial charge in [0.25, 0.3) is 0 Å². The lowest BCUT2D eigenvalue weighted by molar-refractivity contribution is -0.250. The first-order chi connectivity index (χ1) is 15.3. The number of hydrogen-bond acceptors (Lipinski definition) is 5. The van der Waals surface area contributed by atoms with E-state index in [1.807, 2.05) is 38.2 Å². The molecule has 1 aromatic carbocycles. The van der Waals surface area contributed by atoms with Gasteiger partial charge in [0.1, 0.15) is 5.60 Å². The van der Waals surface area contributed by atoms with Crippen LogP contribution in [-0.2, 0) is 5.60 Å². The number of pyridine rings is 1. The molecule has 0 amide bonds. The SMILES string of the molecule is CC(C)c1ccc([C@](O)(c2cncc(N3CCC(O)(C(F)(F)F)C3)c2)C2(C)CN(C)C2)cc1. The van der Waals surface area contributed by atoms with Crippen molar-refractivity contribution in [3.63, 3.8) is 0 Å². The predicted octanol–water partition coefficient (Wildman–Crippen LogP) is 3.90. The zero-order valence-electron chi connectivity index (χ0n) is 19.5. The number of anilines is 1. The highest BCUT2D eigenvalue weighted by Crippen LogP contribution is 2.50. The zero-order chi connectivity index (χ0) is 24.2. The molecule has 0 bridgehead atoms. The van der Waals surface area contributed by atoms with Crippen LogP contribution in [-0.4, -0.2) is 65.1 Å². The van der Waals surface area contributed by atoms with Gasteiger partial charge in [-0.2, -0.15) is 13.2 Å². The van der Waals surface area contributed by atoms with Crippen LogP contribution in [0.1, 0.15) is 49.8 Å². The molecule has 2 atom stereocenters. The first kappa shape index (κ1) is 24.0. The van der Waals surface area contributed by atoms with E-state index in [0.717, 1.165) is 11.1 Å². The molecule has 33 heavy (non-hydrogen) atoms. The summed E-state index contributed by atoms with van der Waals surface area (Å²) in [6.07, 6.45) is -2.02. The smallest absolute Gasteiger partial charge is 0.380 e. The molecular formula is C25H32F3N3O2. The van der Waals surface area contributed by atoms with Crippen LogP contribution in [0.2, 0.25) is 0 Å². The molecule has 0 saturated carbocycles. The van der Waals surface area contributed by atoms with E-state index in [4.69, 9.17) is 0 Å². The number of nitrogens with zero attached hydrogens (tertiary/aromatic N) is 3. The monoisotopic (exact) mass is 463 g/mol. The van der Waals surface area contributed by atoms with Gasteiger partial charge in [-0.1, -0.05) is 45.0 Å². The van der Waals surface area contributed by atoms with Crippen molar-refractivity contribution < 1.29 is 23.4 Å². The number of aliphatic hydroxyl groups is 2. The van der Waals surface area contributed by atoms with Crippen molar-refractivity contribution in [1.29, 1.82) is 0 Å². The van der Waals surface area contributed by atoms with Gasteiger partial charge in [-0.25, -0.2) is 0 Å². The molecule has 1 aromatic heterocycles. The van der Waals surface area contributed by atoms with Gasteiger partial charge in [0, 0.05) is 43.2 Å². The largest absolute Gasteiger partial charge is 0.418 e. The maximum atomic E-state index is 13.3. The topological polar surface area (TPSA) is 59.8 Å². The molecule has 8 heteroatoms. The van der Waals surface area contributed by atoms with Gasteiger partial charge in [-0.05, 0) is 30.2 Å². The van der Waals surface area contributed by atoms with Crippen LogP contribution in [0.3, 0.4) is 0 Å². The lowest BCUT2D eigenvalue weighted by Crippen LogP contribution is -2.63. The predicted molar refractivity (Wildman–Crippen MR) is 121 cm³/mol. The van der Waals surface area contributed by atoms with E-state index in [-0.39, 0.29) is 6.54 Å². The molecule has 180 valence electrons. The van der Waals surface area contributed by atoms with Gasteiger partial charge in [-0.3, -0.25) is 4.98 Å². The van der Waals surface area contributed by atoms with E-state index in [2.05, 4.69) is 23.7 Å². The van der Waals surface area contributed by atoms with Crippen molar-refractivity contribution in [2.45, 2.75) is 50.5 Å². The van der Waals surface area contributed by atoms with E-state index in [0.29, 0.717) is 30.3 Å². The Bertz CT molecular complexity index is 1000. The van der Waals surface area contributed by atoms with Crippen LogP contribution in [0.15, 0.2) is 42.7 Å². The standard InChI is InChI=1S/C25H32F3N3O2/c1-17(2)18-5-7-19(8-6-18)24(33,22(3)14-30(4)15-22)20-11-21(13-29-12-20)31-10-9-23(32,16-31)25(26,27)28/h5-8,11-13,17,32-33H,9-10,14-16H2,1-4H3/t23?,24-/m0/s1. The highest BCUT2D eigenvalue weighted by molar-refractivity contribution is 5.52. The van der Waals surface area contributed by atoms with Crippen molar-refractivity contribution in [1.82, 2.24) is 9.88 Å². The molecular weight excluding hydrogens is 431 g/mol. The normalized spacial score (nSPS) is 25.2. The minimum absolute atomic E-state index is 0.0582. The van der Waals surface area contributed by atoms with Crippen LogP contribution < -0.4 is 4.90 Å². The summed E-state index contributed by atoms with van der Waals surface area (Å²) in [5.74, 6) is 0.352. The average molecular weight is 464 g/mol. The quantitative estimate of drug-likeness (QED) is 0.705. The fraction of sp³-hybridized carbons (Fsp3) is 0.560. The van der Waals surface area contributed by atoms with E-state index >= 15 is 0 Å². The van der Waals surface area contributed by atoms with Crippen molar-refractivity contribution >= 4 is 5.69 Å². The Balaban J connectivity index is 1.74. The van der Waals surface area contributed by atoms with Crippen molar-refractivity contribution in [3.05, 3.63) is 59.4 Å². The summed E-state index contributed by atoms with van der Waals surface area (Å²) >= 11 is 0. The summed E-state index contributed by atoms with van der Waals surface area (Å²) in [4.78, 5) is 7.90. The number of rotatable bonds is 5. The minimum atomic E-state index is -4.70. The Labute approximate surface area is 192 Å². The summed E-state index contributed by atoms with van der Waals surface area (Å²) in [6.45, 7) is 7.07. The summed E-state index contributed by atoms with van der Waals surface area (Å²) in [7, 11) is 1.99. The Hall–Kier alpha value is -2.16. The highest BCUT2D eigenvalue weighted by Gasteiger charge is 2.58. The number of halogens is 3. The molecule has 4 rings (SSSR count). The first-order valence-electron chi connectivity index (χ1n) is 11.3. The number of hydrogen-bond donors (Lipinski definition) is 2. The van der Waals surface area contributed by atoms with Gasteiger partial charge in [0.15, 0.2) is 5.60 Å². The molecule has 2 N–H and O–H groups in total. The fourth-order valence-electron chi connectivity index (χ4n) is 5.39. The van der Waals surface area contributed by atoms with Gasteiger partial charge >= 0.3 is 6.18 Å². The molecule has 5 nitrogen and oxygen atoms in total. The maximum Gasteiger partial charge on any atom is 0.418 e. The Morgan fingerprint density at radius 2 is 1.67 bits per heavy atom. The molecule has 2 fully saturated rings. The van der Waals surface area contributed by atoms with Crippen LogP contribution in [0.4, 0.5) is 18.9 Å². The van der Waals surface area contributed by atoms with Crippen LogP contribution in [0.5, 0.6) is 0 Å². The van der Waals surface area contributed by atoms with Crippen molar-refractivity contribution in [3.8, 4) is 0 Å². The molecule has 3 heterocycles. The van der Waals surface area contributed by atoms with Gasteiger partial charge in [0.2, 0.25) is 0 Å². The van der Waals surface area contributed by atoms with Crippen LogP contribution in [0, 0.1) is 5.41 Å². The third-order valence-corrected chi connectivity index (χ3v) is 7.39. The summed E-state index contributed by atoms with van der Waals surface area (Å²) in [6, 6.07) is 9.61. The third kappa shape index (κ3) is 3.92. The number of likely N-dealkylation sites (tertiary alicyclic amines) is 1. The average Bonchev–Trinajstić information content (AvgIpc) is 3.16. The molecule has 0 aliphatic carbocycles. The van der Waals surface area contributed by atoms with E-state index in [1.165, 1.54) is 11.1 Å². The van der Waals surface area contributed by atoms with Gasteiger partial charge in [0.05, 0.1) is 18.4 Å². The number of aromatic nitrogens is 1. The number of β-amino-alcohol motifs (C(OH)–C–C–N with tert-alkyl or cyclic N) is 1. The van der Waals surface area contributed by atoms with Crippen LogP contribution in [0.25, 0.3) is 0 Å². The third-order valence-electron chi connectivity index (χ3n) is 7.39. The van der Waals surface area contributed by atoms with Gasteiger partial charge < -0.3 is 20.0 Å². The number of alkyl halides is 3. The van der Waals surface area contributed by atoms with E-state index in [9.17, 15) is 23.4 Å².